The highest BCUT2D eigenvalue weighted by molar-refractivity contribution is 7.80. The van der Waals surface area contributed by atoms with Gasteiger partial charge >= 0.3 is 12.1 Å². The molecule has 0 fully saturated rings. The first-order valence-electron chi connectivity index (χ1n) is 5.29. The molecule has 0 aliphatic heterocycles. The Kier molecular flexibility index (Phi) is 4.84. The first kappa shape index (κ1) is 15.4. The maximum absolute atomic E-state index is 13.0. The number of ether oxygens (including phenoxy) is 1. The van der Waals surface area contributed by atoms with Gasteiger partial charge in [-0.2, -0.15) is 18.4 Å². The van der Waals surface area contributed by atoms with Gasteiger partial charge in [-0.25, -0.2) is 0 Å². The van der Waals surface area contributed by atoms with Crippen LogP contribution in [0.15, 0.2) is 17.0 Å². The number of carbonyl (C=O) groups excluding carboxylic acids is 1. The lowest BCUT2D eigenvalue weighted by atomic mass is 9.98. The molecule has 0 aromatic heterocycles. The third kappa shape index (κ3) is 3.64. The summed E-state index contributed by atoms with van der Waals surface area (Å²) in [5.41, 5.74) is -2.01. The van der Waals surface area contributed by atoms with Gasteiger partial charge in [0, 0.05) is 4.90 Å². The predicted octanol–water partition coefficient (Wildman–Crippen LogP) is 2.97. The molecule has 102 valence electrons. The fourth-order valence-electron chi connectivity index (χ4n) is 1.59. The molecule has 3 nitrogen and oxygen atoms in total. The van der Waals surface area contributed by atoms with Crippen molar-refractivity contribution in [3.05, 3.63) is 28.8 Å². The van der Waals surface area contributed by atoms with Crippen LogP contribution in [0.4, 0.5) is 13.2 Å². The number of thiol groups is 1. The van der Waals surface area contributed by atoms with E-state index in [4.69, 9.17) is 5.26 Å². The Morgan fingerprint density at radius 2 is 2.11 bits per heavy atom. The van der Waals surface area contributed by atoms with Crippen molar-refractivity contribution in [2.75, 3.05) is 6.61 Å². The van der Waals surface area contributed by atoms with Crippen molar-refractivity contribution in [2.24, 2.45) is 0 Å². The van der Waals surface area contributed by atoms with E-state index in [0.717, 1.165) is 6.07 Å². The Morgan fingerprint density at radius 3 is 2.58 bits per heavy atom. The van der Waals surface area contributed by atoms with E-state index in [1.165, 1.54) is 12.1 Å². The molecule has 19 heavy (non-hydrogen) atoms. The fraction of sp³-hybridized carbons (Fsp3) is 0.333. The van der Waals surface area contributed by atoms with Crippen LogP contribution in [-0.2, 0) is 22.1 Å². The number of hydrogen-bond donors (Lipinski definition) is 1. The summed E-state index contributed by atoms with van der Waals surface area (Å²) in [6.07, 6.45) is -5.30. The van der Waals surface area contributed by atoms with Gasteiger partial charge in [-0.3, -0.25) is 4.79 Å². The number of nitrogens with zero attached hydrogens (tertiary/aromatic N) is 1. The second-order valence-corrected chi connectivity index (χ2v) is 4.06. The molecule has 1 aromatic carbocycles. The summed E-state index contributed by atoms with van der Waals surface area (Å²) in [6.45, 7) is 1.62. The third-order valence-electron chi connectivity index (χ3n) is 2.32. The molecule has 7 heteroatoms. The topological polar surface area (TPSA) is 50.1 Å². The molecule has 0 heterocycles. The highest BCUT2D eigenvalue weighted by Gasteiger charge is 2.37. The van der Waals surface area contributed by atoms with Gasteiger partial charge in [-0.15, -0.1) is 12.6 Å². The van der Waals surface area contributed by atoms with Gasteiger partial charge in [0.2, 0.25) is 0 Å². The summed E-state index contributed by atoms with van der Waals surface area (Å²) < 4.78 is 43.5. The van der Waals surface area contributed by atoms with Crippen LogP contribution < -0.4 is 0 Å². The minimum Gasteiger partial charge on any atom is -0.466 e. The number of rotatable bonds is 3. The Bertz CT molecular complexity index is 535. The first-order valence-corrected chi connectivity index (χ1v) is 5.73. The first-order chi connectivity index (χ1) is 8.81. The molecule has 1 aromatic rings. The highest BCUT2D eigenvalue weighted by Crippen LogP contribution is 2.37. The smallest absolute Gasteiger partial charge is 0.418 e. The van der Waals surface area contributed by atoms with Crippen molar-refractivity contribution >= 4 is 18.6 Å². The second-order valence-electron chi connectivity index (χ2n) is 3.58. The van der Waals surface area contributed by atoms with E-state index in [1.807, 2.05) is 0 Å². The zero-order valence-electron chi connectivity index (χ0n) is 9.91. The fourth-order valence-corrected chi connectivity index (χ4v) is 1.85. The molecule has 0 aliphatic carbocycles. The van der Waals surface area contributed by atoms with Crippen molar-refractivity contribution in [2.45, 2.75) is 24.4 Å². The largest absolute Gasteiger partial charge is 0.466 e. The summed E-state index contributed by atoms with van der Waals surface area (Å²) in [6, 6.07) is 3.75. The van der Waals surface area contributed by atoms with Gasteiger partial charge in [0.25, 0.3) is 0 Å². The van der Waals surface area contributed by atoms with Crippen LogP contribution in [0.5, 0.6) is 0 Å². The monoisotopic (exact) mass is 289 g/mol. The molecule has 0 spiro atoms. The number of esters is 1. The average Bonchev–Trinajstić information content (AvgIpc) is 2.30. The van der Waals surface area contributed by atoms with Crippen LogP contribution in [-0.4, -0.2) is 12.6 Å². The zero-order valence-corrected chi connectivity index (χ0v) is 10.8. The number of halogens is 3. The van der Waals surface area contributed by atoms with Crippen LogP contribution in [0, 0.1) is 11.3 Å². The normalized spacial score (nSPS) is 10.9. The Balaban J connectivity index is 3.36. The minimum atomic E-state index is -4.73. The Hall–Kier alpha value is -1.68. The number of hydrogen-bond acceptors (Lipinski definition) is 4. The standard InChI is InChI=1S/C12H10F3NO2S/c1-2-18-10(17)5-8-9(19)4-3-7(6-16)11(8)12(13,14)15/h3-4,19H,2,5H2,1H3. The quantitative estimate of drug-likeness (QED) is 0.687. The maximum Gasteiger partial charge on any atom is 0.418 e. The molecule has 0 amide bonds. The van der Waals surface area contributed by atoms with E-state index in [0.29, 0.717) is 0 Å². The van der Waals surface area contributed by atoms with E-state index in [1.54, 1.807) is 6.92 Å². The van der Waals surface area contributed by atoms with Gasteiger partial charge in [0.05, 0.1) is 30.2 Å². The SMILES string of the molecule is CCOC(=O)Cc1c(S)ccc(C#N)c1C(F)(F)F. The predicted molar refractivity (Wildman–Crippen MR) is 63.7 cm³/mol. The van der Waals surface area contributed by atoms with Gasteiger partial charge in [-0.05, 0) is 24.6 Å². The van der Waals surface area contributed by atoms with E-state index in [-0.39, 0.29) is 17.1 Å². The number of alkyl halides is 3. The molecular formula is C12H10F3NO2S. The Labute approximate surface area is 113 Å². The second kappa shape index (κ2) is 5.97. The molecule has 1 rings (SSSR count). The Morgan fingerprint density at radius 1 is 1.47 bits per heavy atom. The van der Waals surface area contributed by atoms with Crippen molar-refractivity contribution in [3.63, 3.8) is 0 Å². The van der Waals surface area contributed by atoms with E-state index in [9.17, 15) is 18.0 Å². The van der Waals surface area contributed by atoms with Gasteiger partial charge < -0.3 is 4.74 Å². The van der Waals surface area contributed by atoms with Crippen LogP contribution in [0.2, 0.25) is 0 Å². The van der Waals surface area contributed by atoms with Crippen LogP contribution in [0.1, 0.15) is 23.6 Å². The number of nitriles is 1. The third-order valence-corrected chi connectivity index (χ3v) is 2.74. The van der Waals surface area contributed by atoms with Crippen LogP contribution in [0.3, 0.4) is 0 Å². The lowest BCUT2D eigenvalue weighted by Crippen LogP contribution is -2.16. The average molecular weight is 289 g/mol. The van der Waals surface area contributed by atoms with Crippen molar-refractivity contribution in [1.29, 1.82) is 5.26 Å². The number of benzene rings is 1. The summed E-state index contributed by atoms with van der Waals surface area (Å²) in [5.74, 6) is -0.793. The lowest BCUT2D eigenvalue weighted by Gasteiger charge is -2.15. The zero-order chi connectivity index (χ0) is 14.6. The molecule has 0 unspecified atom stereocenters. The van der Waals surface area contributed by atoms with Gasteiger partial charge in [-0.1, -0.05) is 0 Å². The summed E-state index contributed by atoms with van der Waals surface area (Å²) in [5, 5.41) is 8.74. The molecule has 0 saturated heterocycles. The minimum absolute atomic E-state index is 0.000576. The van der Waals surface area contributed by atoms with Crippen molar-refractivity contribution < 1.29 is 22.7 Å². The van der Waals surface area contributed by atoms with Crippen molar-refractivity contribution in [1.82, 2.24) is 0 Å². The van der Waals surface area contributed by atoms with Crippen molar-refractivity contribution in [3.8, 4) is 6.07 Å². The summed E-state index contributed by atoms with van der Waals surface area (Å²) >= 11 is 3.91. The molecule has 0 atom stereocenters. The van der Waals surface area contributed by atoms with Crippen LogP contribution in [0.25, 0.3) is 0 Å². The summed E-state index contributed by atoms with van der Waals surface area (Å²) in [7, 11) is 0. The summed E-state index contributed by atoms with van der Waals surface area (Å²) in [4.78, 5) is 11.3. The van der Waals surface area contributed by atoms with E-state index >= 15 is 0 Å². The molecule has 0 bridgehead atoms. The number of carbonyl (C=O) groups is 1. The molecular weight excluding hydrogens is 279 g/mol. The van der Waals surface area contributed by atoms with E-state index in [2.05, 4.69) is 17.4 Å². The lowest BCUT2D eigenvalue weighted by molar-refractivity contribution is -0.143. The molecule has 0 aliphatic rings. The van der Waals surface area contributed by atoms with Crippen LogP contribution >= 0.6 is 12.6 Å². The molecule has 0 N–H and O–H groups in total. The maximum atomic E-state index is 13.0. The van der Waals surface area contributed by atoms with E-state index < -0.39 is 29.7 Å². The molecule has 0 saturated carbocycles. The van der Waals surface area contributed by atoms with Gasteiger partial charge in [0.15, 0.2) is 0 Å². The molecule has 0 radical (unpaired) electrons. The highest BCUT2D eigenvalue weighted by atomic mass is 32.1. The van der Waals surface area contributed by atoms with Gasteiger partial charge in [0.1, 0.15) is 0 Å².